The van der Waals surface area contributed by atoms with Crippen molar-refractivity contribution in [1.82, 2.24) is 20.5 Å². The SMILES string of the molecule is COc1ccccc1-c1cc(C(=O)NCc2sc(-c3ccccc3C)nc2C)[nH]n1. The Morgan fingerprint density at radius 2 is 1.83 bits per heavy atom. The van der Waals surface area contributed by atoms with Crippen molar-refractivity contribution in [3.05, 3.63) is 76.4 Å². The van der Waals surface area contributed by atoms with Crippen molar-refractivity contribution >= 4 is 17.2 Å². The van der Waals surface area contributed by atoms with Gasteiger partial charge in [-0.1, -0.05) is 36.4 Å². The summed E-state index contributed by atoms with van der Waals surface area (Å²) in [5, 5.41) is 11.0. The van der Waals surface area contributed by atoms with Gasteiger partial charge in [0.05, 0.1) is 25.0 Å². The van der Waals surface area contributed by atoms with Crippen LogP contribution >= 0.6 is 11.3 Å². The third-order valence-corrected chi connectivity index (χ3v) is 6.07. The second kappa shape index (κ2) is 8.51. The van der Waals surface area contributed by atoms with Crippen LogP contribution in [0.3, 0.4) is 0 Å². The Morgan fingerprint density at radius 3 is 2.60 bits per heavy atom. The predicted molar refractivity (Wildman–Crippen MR) is 119 cm³/mol. The topological polar surface area (TPSA) is 79.9 Å². The molecule has 2 heterocycles. The zero-order valence-electron chi connectivity index (χ0n) is 17.0. The van der Waals surface area contributed by atoms with Gasteiger partial charge in [-0.2, -0.15) is 5.10 Å². The molecule has 2 N–H and O–H groups in total. The first kappa shape index (κ1) is 19.8. The Bertz CT molecular complexity index is 1200. The maximum atomic E-state index is 12.6. The number of aryl methyl sites for hydroxylation is 2. The molecule has 0 bridgehead atoms. The van der Waals surface area contributed by atoms with E-state index in [0.717, 1.165) is 26.7 Å². The number of nitrogens with one attached hydrogen (secondary N) is 2. The lowest BCUT2D eigenvalue weighted by molar-refractivity contribution is 0.0946. The molecule has 0 saturated heterocycles. The molecule has 4 rings (SSSR count). The molecule has 0 saturated carbocycles. The maximum absolute atomic E-state index is 12.6. The molecular weight excluding hydrogens is 396 g/mol. The smallest absolute Gasteiger partial charge is 0.269 e. The number of nitrogens with zero attached hydrogens (tertiary/aromatic N) is 2. The number of aromatic nitrogens is 3. The van der Waals surface area contributed by atoms with Gasteiger partial charge in [0, 0.05) is 16.0 Å². The summed E-state index contributed by atoms with van der Waals surface area (Å²) in [4.78, 5) is 18.4. The van der Waals surface area contributed by atoms with Gasteiger partial charge in [0.15, 0.2) is 0 Å². The van der Waals surface area contributed by atoms with E-state index in [1.807, 2.05) is 43.3 Å². The van der Waals surface area contributed by atoms with Gasteiger partial charge < -0.3 is 10.1 Å². The van der Waals surface area contributed by atoms with Gasteiger partial charge in [0.1, 0.15) is 16.5 Å². The number of aromatic amines is 1. The van der Waals surface area contributed by atoms with Crippen LogP contribution in [0.1, 0.15) is 26.6 Å². The molecular formula is C23H22N4O2S. The highest BCUT2D eigenvalue weighted by Crippen LogP contribution is 2.30. The van der Waals surface area contributed by atoms with Gasteiger partial charge in [-0.05, 0) is 37.6 Å². The van der Waals surface area contributed by atoms with Gasteiger partial charge in [-0.15, -0.1) is 11.3 Å². The Morgan fingerprint density at radius 1 is 1.10 bits per heavy atom. The van der Waals surface area contributed by atoms with E-state index in [2.05, 4.69) is 39.6 Å². The number of methoxy groups -OCH3 is 1. The Hall–Kier alpha value is -3.45. The van der Waals surface area contributed by atoms with Gasteiger partial charge in [0.25, 0.3) is 5.91 Å². The lowest BCUT2D eigenvalue weighted by Gasteiger charge is -2.04. The van der Waals surface area contributed by atoms with Crippen LogP contribution < -0.4 is 10.1 Å². The molecule has 0 spiro atoms. The van der Waals surface area contributed by atoms with Crippen LogP contribution in [-0.4, -0.2) is 28.2 Å². The summed E-state index contributed by atoms with van der Waals surface area (Å²) >= 11 is 1.60. The first-order chi connectivity index (χ1) is 14.6. The molecule has 0 fully saturated rings. The molecule has 4 aromatic rings. The lowest BCUT2D eigenvalue weighted by atomic mass is 10.1. The van der Waals surface area contributed by atoms with E-state index in [1.165, 1.54) is 5.56 Å². The van der Waals surface area contributed by atoms with E-state index in [1.54, 1.807) is 24.5 Å². The standard InChI is InChI=1S/C23H22N4O2S/c1-14-8-4-5-9-16(14)23-25-15(2)21(30-23)13-24-22(28)19-12-18(26-27-19)17-10-6-7-11-20(17)29-3/h4-12H,13H2,1-3H3,(H,24,28)(H,26,27). The van der Waals surface area contributed by atoms with Gasteiger partial charge in [0.2, 0.25) is 0 Å². The number of amides is 1. The summed E-state index contributed by atoms with van der Waals surface area (Å²) in [7, 11) is 1.61. The summed E-state index contributed by atoms with van der Waals surface area (Å²) in [5.41, 5.74) is 5.13. The zero-order valence-corrected chi connectivity index (χ0v) is 17.8. The molecule has 6 nitrogen and oxygen atoms in total. The quantitative estimate of drug-likeness (QED) is 0.473. The van der Waals surface area contributed by atoms with Crippen LogP contribution in [-0.2, 0) is 6.54 Å². The van der Waals surface area contributed by atoms with E-state index >= 15 is 0 Å². The third kappa shape index (κ3) is 3.97. The molecule has 1 amide bonds. The molecule has 0 aliphatic rings. The number of hydrogen-bond donors (Lipinski definition) is 2. The summed E-state index contributed by atoms with van der Waals surface area (Å²) < 4.78 is 5.38. The number of benzene rings is 2. The molecule has 152 valence electrons. The van der Waals surface area contributed by atoms with Crippen molar-refractivity contribution in [1.29, 1.82) is 0 Å². The summed E-state index contributed by atoms with van der Waals surface area (Å²) in [6, 6.07) is 17.5. The monoisotopic (exact) mass is 418 g/mol. The molecule has 7 heteroatoms. The van der Waals surface area contributed by atoms with Crippen molar-refractivity contribution in [3.63, 3.8) is 0 Å². The Balaban J connectivity index is 1.47. The van der Waals surface area contributed by atoms with Crippen LogP contribution in [0.4, 0.5) is 0 Å². The highest BCUT2D eigenvalue weighted by Gasteiger charge is 2.15. The fourth-order valence-corrected chi connectivity index (χ4v) is 4.30. The van der Waals surface area contributed by atoms with Gasteiger partial charge in [-0.25, -0.2) is 4.98 Å². The molecule has 0 atom stereocenters. The van der Waals surface area contributed by atoms with Crippen LogP contribution in [0.5, 0.6) is 5.75 Å². The van der Waals surface area contributed by atoms with E-state index < -0.39 is 0 Å². The fraction of sp³-hybridized carbons (Fsp3) is 0.174. The molecule has 30 heavy (non-hydrogen) atoms. The number of H-pyrrole nitrogens is 1. The minimum absolute atomic E-state index is 0.214. The molecule has 2 aromatic heterocycles. The third-order valence-electron chi connectivity index (χ3n) is 4.88. The maximum Gasteiger partial charge on any atom is 0.269 e. The highest BCUT2D eigenvalue weighted by atomic mass is 32.1. The minimum Gasteiger partial charge on any atom is -0.496 e. The molecule has 0 radical (unpaired) electrons. The average molecular weight is 419 g/mol. The second-order valence-corrected chi connectivity index (χ2v) is 7.98. The van der Waals surface area contributed by atoms with Gasteiger partial charge in [-0.3, -0.25) is 9.89 Å². The van der Waals surface area contributed by atoms with E-state index in [0.29, 0.717) is 23.7 Å². The normalized spacial score (nSPS) is 10.8. The van der Waals surface area contributed by atoms with Crippen molar-refractivity contribution in [2.45, 2.75) is 20.4 Å². The van der Waals surface area contributed by atoms with Crippen molar-refractivity contribution < 1.29 is 9.53 Å². The number of thiazole rings is 1. The summed E-state index contributed by atoms with van der Waals surface area (Å²) in [6.07, 6.45) is 0. The zero-order chi connectivity index (χ0) is 21.1. The molecule has 2 aromatic carbocycles. The van der Waals surface area contributed by atoms with E-state index in [4.69, 9.17) is 4.74 Å². The molecule has 0 aliphatic carbocycles. The lowest BCUT2D eigenvalue weighted by Crippen LogP contribution is -2.23. The number of para-hydroxylation sites is 1. The number of carbonyl (C=O) groups excluding carboxylic acids is 1. The number of carbonyl (C=O) groups is 1. The largest absolute Gasteiger partial charge is 0.496 e. The van der Waals surface area contributed by atoms with Crippen molar-refractivity contribution in [2.24, 2.45) is 0 Å². The molecule has 0 aliphatic heterocycles. The van der Waals surface area contributed by atoms with Crippen molar-refractivity contribution in [2.75, 3.05) is 7.11 Å². The average Bonchev–Trinajstić information content (AvgIpc) is 3.39. The first-order valence-corrected chi connectivity index (χ1v) is 10.4. The number of hydrogen-bond acceptors (Lipinski definition) is 5. The first-order valence-electron chi connectivity index (χ1n) is 9.56. The Labute approximate surface area is 179 Å². The minimum atomic E-state index is -0.214. The number of rotatable bonds is 6. The van der Waals surface area contributed by atoms with E-state index in [-0.39, 0.29) is 5.91 Å². The predicted octanol–water partition coefficient (Wildman–Crippen LogP) is 4.76. The highest BCUT2D eigenvalue weighted by molar-refractivity contribution is 7.15. The number of ether oxygens (including phenoxy) is 1. The van der Waals surface area contributed by atoms with Crippen LogP contribution in [0.15, 0.2) is 54.6 Å². The van der Waals surface area contributed by atoms with Crippen LogP contribution in [0, 0.1) is 13.8 Å². The Kier molecular flexibility index (Phi) is 5.63. The second-order valence-electron chi connectivity index (χ2n) is 6.89. The fourth-order valence-electron chi connectivity index (χ4n) is 3.21. The molecule has 0 unspecified atom stereocenters. The van der Waals surface area contributed by atoms with Crippen LogP contribution in [0.25, 0.3) is 21.8 Å². The summed E-state index contributed by atoms with van der Waals surface area (Å²) in [6.45, 7) is 4.46. The van der Waals surface area contributed by atoms with Crippen LogP contribution in [0.2, 0.25) is 0 Å². The van der Waals surface area contributed by atoms with Crippen molar-refractivity contribution in [3.8, 4) is 27.6 Å². The van der Waals surface area contributed by atoms with Gasteiger partial charge >= 0.3 is 0 Å². The summed E-state index contributed by atoms with van der Waals surface area (Å²) in [5.74, 6) is 0.494. The van der Waals surface area contributed by atoms with E-state index in [9.17, 15) is 4.79 Å².